The molecule has 0 spiro atoms. The van der Waals surface area contributed by atoms with Gasteiger partial charge in [0.15, 0.2) is 0 Å². The van der Waals surface area contributed by atoms with E-state index in [-0.39, 0.29) is 5.92 Å². The normalized spacial score (nSPS) is 34.4. The molecule has 0 aromatic heterocycles. The minimum absolute atomic E-state index is 0.286. The average Bonchev–Trinajstić information content (AvgIpc) is 2.27. The molecule has 2 heteroatoms. The van der Waals surface area contributed by atoms with Gasteiger partial charge in [-0.2, -0.15) is 5.26 Å². The van der Waals surface area contributed by atoms with Crippen LogP contribution < -0.4 is 0 Å². The fraction of sp³-hybridized carbons (Fsp3) is 0.933. The molecule has 0 amide bonds. The highest BCUT2D eigenvalue weighted by Gasteiger charge is 2.36. The molecular formula is C15H26N2. The second-order valence-corrected chi connectivity index (χ2v) is 6.02. The second-order valence-electron chi connectivity index (χ2n) is 6.02. The van der Waals surface area contributed by atoms with E-state index in [1.165, 1.54) is 44.9 Å². The molecule has 2 aliphatic rings. The second kappa shape index (κ2) is 5.87. The van der Waals surface area contributed by atoms with Crippen LogP contribution in [0, 0.1) is 23.2 Å². The van der Waals surface area contributed by atoms with E-state index >= 15 is 0 Å². The van der Waals surface area contributed by atoms with Gasteiger partial charge >= 0.3 is 0 Å². The molecule has 2 saturated carbocycles. The molecule has 3 unspecified atom stereocenters. The van der Waals surface area contributed by atoms with Crippen LogP contribution >= 0.6 is 0 Å². The largest absolute Gasteiger partial charge is 0.299 e. The number of nitrogens with zero attached hydrogens (tertiary/aromatic N) is 2. The van der Waals surface area contributed by atoms with Crippen LogP contribution in [0.4, 0.5) is 0 Å². The van der Waals surface area contributed by atoms with E-state index in [0.717, 1.165) is 18.4 Å². The quantitative estimate of drug-likeness (QED) is 0.743. The van der Waals surface area contributed by atoms with Crippen molar-refractivity contribution >= 4 is 0 Å². The summed E-state index contributed by atoms with van der Waals surface area (Å²) >= 11 is 0. The van der Waals surface area contributed by atoms with Gasteiger partial charge in [0, 0.05) is 12.1 Å². The van der Waals surface area contributed by atoms with Crippen LogP contribution in [0.25, 0.3) is 0 Å². The fourth-order valence-corrected chi connectivity index (χ4v) is 3.57. The van der Waals surface area contributed by atoms with E-state index in [9.17, 15) is 5.26 Å². The van der Waals surface area contributed by atoms with E-state index < -0.39 is 0 Å². The topological polar surface area (TPSA) is 27.0 Å². The van der Waals surface area contributed by atoms with Crippen molar-refractivity contribution < 1.29 is 0 Å². The molecule has 2 fully saturated rings. The summed E-state index contributed by atoms with van der Waals surface area (Å²) in [6, 6.07) is 3.87. The first-order valence-electron chi connectivity index (χ1n) is 7.37. The van der Waals surface area contributed by atoms with E-state index in [2.05, 4.69) is 24.9 Å². The lowest BCUT2D eigenvalue weighted by molar-refractivity contribution is 0.0510. The third-order valence-electron chi connectivity index (χ3n) is 4.96. The molecule has 0 aromatic rings. The Morgan fingerprint density at radius 3 is 2.53 bits per heavy atom. The summed E-state index contributed by atoms with van der Waals surface area (Å²) in [4.78, 5) is 2.54. The van der Waals surface area contributed by atoms with E-state index in [4.69, 9.17) is 0 Å². The van der Waals surface area contributed by atoms with E-state index in [1.807, 2.05) is 0 Å². The summed E-state index contributed by atoms with van der Waals surface area (Å²) in [5.41, 5.74) is 0. The van der Waals surface area contributed by atoms with Crippen molar-refractivity contribution in [1.29, 1.82) is 5.26 Å². The van der Waals surface area contributed by atoms with Crippen molar-refractivity contribution in [2.45, 2.75) is 70.4 Å². The predicted octanol–water partition coefficient (Wildman–Crippen LogP) is 3.58. The molecule has 0 aromatic carbocycles. The molecule has 2 nitrogen and oxygen atoms in total. The Morgan fingerprint density at radius 1 is 1.24 bits per heavy atom. The highest BCUT2D eigenvalue weighted by Crippen LogP contribution is 2.37. The summed E-state index contributed by atoms with van der Waals surface area (Å²) in [6.07, 6.45) is 10.4. The van der Waals surface area contributed by atoms with Gasteiger partial charge in [-0.25, -0.2) is 0 Å². The summed E-state index contributed by atoms with van der Waals surface area (Å²) in [6.45, 7) is 2.28. The Morgan fingerprint density at radius 2 is 2.00 bits per heavy atom. The lowest BCUT2D eigenvalue weighted by Gasteiger charge is -2.45. The van der Waals surface area contributed by atoms with Crippen LogP contribution in [-0.4, -0.2) is 24.0 Å². The van der Waals surface area contributed by atoms with Crippen molar-refractivity contribution in [1.82, 2.24) is 4.90 Å². The molecule has 17 heavy (non-hydrogen) atoms. The molecule has 2 aliphatic carbocycles. The fourth-order valence-electron chi connectivity index (χ4n) is 3.57. The van der Waals surface area contributed by atoms with Gasteiger partial charge in [-0.15, -0.1) is 0 Å². The Kier molecular flexibility index (Phi) is 4.45. The monoisotopic (exact) mass is 234 g/mol. The summed E-state index contributed by atoms with van der Waals surface area (Å²) in [5.74, 6) is 1.16. The zero-order chi connectivity index (χ0) is 12.3. The smallest absolute Gasteiger partial charge is 0.0672 e. The summed E-state index contributed by atoms with van der Waals surface area (Å²) in [7, 11) is 2.26. The number of hydrogen-bond acceptors (Lipinski definition) is 2. The Labute approximate surface area is 106 Å². The van der Waals surface area contributed by atoms with Crippen molar-refractivity contribution in [2.75, 3.05) is 7.05 Å². The highest BCUT2D eigenvalue weighted by molar-refractivity contribution is 4.99. The average molecular weight is 234 g/mol. The molecular weight excluding hydrogens is 208 g/mol. The van der Waals surface area contributed by atoms with Gasteiger partial charge in [-0.3, -0.25) is 4.90 Å². The highest BCUT2D eigenvalue weighted by atomic mass is 15.2. The van der Waals surface area contributed by atoms with Crippen LogP contribution in [0.1, 0.15) is 58.3 Å². The maximum absolute atomic E-state index is 9.32. The maximum Gasteiger partial charge on any atom is 0.0672 e. The van der Waals surface area contributed by atoms with Crippen LogP contribution in [0.5, 0.6) is 0 Å². The number of rotatable bonds is 4. The van der Waals surface area contributed by atoms with Crippen LogP contribution in [0.15, 0.2) is 0 Å². The molecule has 96 valence electrons. The third-order valence-corrected chi connectivity index (χ3v) is 4.96. The van der Waals surface area contributed by atoms with Gasteiger partial charge in [0.1, 0.15) is 0 Å². The molecule has 0 saturated heterocycles. The molecule has 0 radical (unpaired) electrons. The summed E-state index contributed by atoms with van der Waals surface area (Å²) in [5, 5.41) is 9.32. The lowest BCUT2D eigenvalue weighted by Crippen LogP contribution is -2.49. The first kappa shape index (κ1) is 12.9. The molecule has 0 heterocycles. The molecule has 2 rings (SSSR count). The van der Waals surface area contributed by atoms with E-state index in [1.54, 1.807) is 0 Å². The van der Waals surface area contributed by atoms with Gasteiger partial charge in [-0.1, -0.05) is 26.2 Å². The zero-order valence-electron chi connectivity index (χ0n) is 11.4. The Balaban J connectivity index is 1.96. The maximum atomic E-state index is 9.32. The van der Waals surface area contributed by atoms with Crippen molar-refractivity contribution in [2.24, 2.45) is 11.8 Å². The van der Waals surface area contributed by atoms with Crippen LogP contribution in [-0.2, 0) is 0 Å². The van der Waals surface area contributed by atoms with Crippen LogP contribution in [0.3, 0.4) is 0 Å². The van der Waals surface area contributed by atoms with Crippen molar-refractivity contribution in [3.8, 4) is 6.07 Å². The van der Waals surface area contributed by atoms with Gasteiger partial charge in [-0.05, 0) is 45.1 Å². The molecule has 0 bridgehead atoms. The van der Waals surface area contributed by atoms with Gasteiger partial charge in [0.25, 0.3) is 0 Å². The molecule has 0 aliphatic heterocycles. The SMILES string of the molecule is CCCC1CCC(C#N)C(N(C)C2CCC2)C1. The Hall–Kier alpha value is -0.550. The zero-order valence-corrected chi connectivity index (χ0v) is 11.4. The van der Waals surface area contributed by atoms with Gasteiger partial charge in [0.2, 0.25) is 0 Å². The van der Waals surface area contributed by atoms with Crippen molar-refractivity contribution in [3.05, 3.63) is 0 Å². The Bertz CT molecular complexity index is 277. The predicted molar refractivity (Wildman–Crippen MR) is 70.5 cm³/mol. The van der Waals surface area contributed by atoms with Crippen LogP contribution in [0.2, 0.25) is 0 Å². The van der Waals surface area contributed by atoms with E-state index in [0.29, 0.717) is 6.04 Å². The molecule has 0 N–H and O–H groups in total. The first-order chi connectivity index (χ1) is 8.26. The standard InChI is InChI=1S/C15H26N2/c1-3-5-12-8-9-13(11-16)15(10-12)17(2)14-6-4-7-14/h12-15H,3-10H2,1-2H3. The number of nitriles is 1. The summed E-state index contributed by atoms with van der Waals surface area (Å²) < 4.78 is 0. The minimum atomic E-state index is 0.286. The van der Waals surface area contributed by atoms with Crippen molar-refractivity contribution in [3.63, 3.8) is 0 Å². The first-order valence-corrected chi connectivity index (χ1v) is 7.37. The van der Waals surface area contributed by atoms with Gasteiger partial charge < -0.3 is 0 Å². The molecule has 3 atom stereocenters. The third kappa shape index (κ3) is 2.83. The minimum Gasteiger partial charge on any atom is -0.299 e. The van der Waals surface area contributed by atoms with Gasteiger partial charge in [0.05, 0.1) is 12.0 Å². The number of hydrogen-bond donors (Lipinski definition) is 0. The lowest BCUT2D eigenvalue weighted by atomic mass is 9.75.